The summed E-state index contributed by atoms with van der Waals surface area (Å²) in [6.07, 6.45) is 3.22. The molecule has 4 rings (SSSR count). The number of nitrogens with zero attached hydrogens (tertiary/aromatic N) is 3. The maximum absolute atomic E-state index is 12.8. The summed E-state index contributed by atoms with van der Waals surface area (Å²) in [6, 6.07) is 14.9. The van der Waals surface area contributed by atoms with Crippen LogP contribution in [0, 0.1) is 5.92 Å². The summed E-state index contributed by atoms with van der Waals surface area (Å²) in [5.41, 5.74) is 9.17. The van der Waals surface area contributed by atoms with Crippen molar-refractivity contribution in [3.05, 3.63) is 75.1 Å². The number of halogens is 1. The Labute approximate surface area is 217 Å². The van der Waals surface area contributed by atoms with Crippen LogP contribution in [0.25, 0.3) is 22.2 Å². The minimum absolute atomic E-state index is 0.218. The lowest BCUT2D eigenvalue weighted by molar-refractivity contribution is 0.0599. The predicted octanol–water partition coefficient (Wildman–Crippen LogP) is 5.03. The molecule has 2 aromatic carbocycles. The highest BCUT2D eigenvalue weighted by Gasteiger charge is 2.16. The normalized spacial score (nSPS) is 12.0. The molecular formula is C27H29BrN4O4. The standard InChI is InChI=1S/C27H29BrN4O4/c1-17(15-32-23-14-19(28)10-11-22(23)30-27(32)29)7-6-12-36-24-9-5-4-8-20(24)21-13-18(26(34)35-3)16-31(2)25(21)33/h4-5,8-11,13-14,16-17H,6-7,12,15H2,1-3H3,(H2,29,30)/t17-/m1/s1. The highest BCUT2D eigenvalue weighted by Crippen LogP contribution is 2.29. The number of aromatic nitrogens is 3. The number of anilines is 1. The summed E-state index contributed by atoms with van der Waals surface area (Å²) in [4.78, 5) is 29.3. The van der Waals surface area contributed by atoms with Crippen molar-refractivity contribution in [2.45, 2.75) is 26.3 Å². The fraction of sp³-hybridized carbons (Fsp3) is 0.296. The number of imidazole rings is 1. The molecule has 4 aromatic rings. The summed E-state index contributed by atoms with van der Waals surface area (Å²) >= 11 is 3.52. The first-order valence-electron chi connectivity index (χ1n) is 11.7. The fourth-order valence-electron chi connectivity index (χ4n) is 4.27. The van der Waals surface area contributed by atoms with Crippen LogP contribution in [0.2, 0.25) is 0 Å². The summed E-state index contributed by atoms with van der Waals surface area (Å²) in [6.45, 7) is 3.43. The number of fused-ring (bicyclic) bond motifs is 1. The molecule has 0 bridgehead atoms. The Morgan fingerprint density at radius 2 is 1.94 bits per heavy atom. The molecule has 0 aliphatic heterocycles. The van der Waals surface area contributed by atoms with E-state index in [-0.39, 0.29) is 5.56 Å². The molecule has 0 unspecified atom stereocenters. The third-order valence-electron chi connectivity index (χ3n) is 6.11. The van der Waals surface area contributed by atoms with Crippen molar-refractivity contribution >= 4 is 38.9 Å². The van der Waals surface area contributed by atoms with Crippen LogP contribution >= 0.6 is 15.9 Å². The van der Waals surface area contributed by atoms with Crippen LogP contribution in [0.5, 0.6) is 5.75 Å². The maximum atomic E-state index is 12.8. The summed E-state index contributed by atoms with van der Waals surface area (Å²) < 4.78 is 15.3. The van der Waals surface area contributed by atoms with E-state index in [1.165, 1.54) is 17.9 Å². The molecule has 1 atom stereocenters. The van der Waals surface area contributed by atoms with E-state index in [0.717, 1.165) is 34.9 Å². The van der Waals surface area contributed by atoms with Crippen LogP contribution in [0.3, 0.4) is 0 Å². The Morgan fingerprint density at radius 1 is 1.17 bits per heavy atom. The van der Waals surface area contributed by atoms with Gasteiger partial charge in [0.05, 0.1) is 35.9 Å². The van der Waals surface area contributed by atoms with Gasteiger partial charge in [-0.1, -0.05) is 41.1 Å². The quantitative estimate of drug-likeness (QED) is 0.231. The number of esters is 1. The molecule has 36 heavy (non-hydrogen) atoms. The SMILES string of the molecule is COC(=O)c1cc(-c2ccccc2OCCC[C@@H](C)Cn2c(N)nc3ccc(Br)cc32)c(=O)n(C)c1. The molecule has 0 saturated carbocycles. The zero-order chi connectivity index (χ0) is 25.8. The number of hydrogen-bond donors (Lipinski definition) is 1. The average molecular weight is 553 g/mol. The number of para-hydroxylation sites is 1. The molecule has 0 amide bonds. The molecule has 2 heterocycles. The largest absolute Gasteiger partial charge is 0.493 e. The predicted molar refractivity (Wildman–Crippen MR) is 144 cm³/mol. The number of carbonyl (C=O) groups excluding carboxylic acids is 1. The van der Waals surface area contributed by atoms with Gasteiger partial charge >= 0.3 is 5.97 Å². The topological polar surface area (TPSA) is 101 Å². The van der Waals surface area contributed by atoms with Gasteiger partial charge in [-0.25, -0.2) is 9.78 Å². The van der Waals surface area contributed by atoms with E-state index in [1.54, 1.807) is 13.1 Å². The third-order valence-corrected chi connectivity index (χ3v) is 6.61. The molecule has 0 spiro atoms. The zero-order valence-corrected chi connectivity index (χ0v) is 22.1. The van der Waals surface area contributed by atoms with Crippen LogP contribution in [-0.2, 0) is 18.3 Å². The van der Waals surface area contributed by atoms with Crippen molar-refractivity contribution in [2.75, 3.05) is 19.5 Å². The lowest BCUT2D eigenvalue weighted by atomic mass is 10.0. The van der Waals surface area contributed by atoms with Gasteiger partial charge in [0, 0.05) is 29.8 Å². The van der Waals surface area contributed by atoms with Gasteiger partial charge in [-0.05, 0) is 49.1 Å². The zero-order valence-electron chi connectivity index (χ0n) is 20.5. The van der Waals surface area contributed by atoms with E-state index < -0.39 is 5.97 Å². The first-order valence-corrected chi connectivity index (χ1v) is 12.5. The van der Waals surface area contributed by atoms with Crippen molar-refractivity contribution in [2.24, 2.45) is 13.0 Å². The Hall–Kier alpha value is -3.59. The van der Waals surface area contributed by atoms with E-state index in [1.807, 2.05) is 47.0 Å². The van der Waals surface area contributed by atoms with E-state index in [9.17, 15) is 9.59 Å². The summed E-state index contributed by atoms with van der Waals surface area (Å²) in [7, 11) is 2.92. The maximum Gasteiger partial charge on any atom is 0.339 e. The van der Waals surface area contributed by atoms with Gasteiger partial charge in [-0.15, -0.1) is 0 Å². The average Bonchev–Trinajstić information content (AvgIpc) is 3.17. The Balaban J connectivity index is 1.42. The highest BCUT2D eigenvalue weighted by atomic mass is 79.9. The first-order chi connectivity index (χ1) is 17.3. The number of aryl methyl sites for hydroxylation is 1. The highest BCUT2D eigenvalue weighted by molar-refractivity contribution is 9.10. The number of ether oxygens (including phenoxy) is 2. The Bertz CT molecular complexity index is 1460. The summed E-state index contributed by atoms with van der Waals surface area (Å²) in [5, 5.41) is 0. The fourth-order valence-corrected chi connectivity index (χ4v) is 4.62. The van der Waals surface area contributed by atoms with Gasteiger partial charge < -0.3 is 24.3 Å². The van der Waals surface area contributed by atoms with Crippen LogP contribution in [-0.4, -0.2) is 33.8 Å². The number of benzene rings is 2. The van der Waals surface area contributed by atoms with Gasteiger partial charge in [0.1, 0.15) is 5.75 Å². The van der Waals surface area contributed by atoms with Gasteiger partial charge in [0.2, 0.25) is 5.95 Å². The summed E-state index contributed by atoms with van der Waals surface area (Å²) in [5.74, 6) is 0.958. The minimum atomic E-state index is -0.502. The van der Waals surface area contributed by atoms with E-state index in [2.05, 4.69) is 27.8 Å². The Kier molecular flexibility index (Phi) is 7.79. The molecule has 0 aliphatic carbocycles. The Morgan fingerprint density at radius 3 is 2.72 bits per heavy atom. The van der Waals surface area contributed by atoms with Crippen LogP contribution in [0.1, 0.15) is 30.1 Å². The van der Waals surface area contributed by atoms with Gasteiger partial charge in [0.15, 0.2) is 0 Å². The van der Waals surface area contributed by atoms with Crippen molar-refractivity contribution in [1.82, 2.24) is 14.1 Å². The molecule has 188 valence electrons. The second kappa shape index (κ2) is 11.0. The van der Waals surface area contributed by atoms with Crippen molar-refractivity contribution in [1.29, 1.82) is 0 Å². The molecule has 0 aliphatic rings. The second-order valence-corrected chi connectivity index (χ2v) is 9.77. The van der Waals surface area contributed by atoms with E-state index in [0.29, 0.717) is 40.9 Å². The first kappa shape index (κ1) is 25.5. The number of rotatable bonds is 9. The van der Waals surface area contributed by atoms with Gasteiger partial charge in [-0.3, -0.25) is 4.79 Å². The molecule has 2 aromatic heterocycles. The molecule has 0 fully saturated rings. The molecular weight excluding hydrogens is 524 g/mol. The van der Waals surface area contributed by atoms with Crippen molar-refractivity contribution in [3.8, 4) is 16.9 Å². The lowest BCUT2D eigenvalue weighted by Gasteiger charge is -2.16. The minimum Gasteiger partial charge on any atom is -0.493 e. The third kappa shape index (κ3) is 5.46. The second-order valence-electron chi connectivity index (χ2n) is 8.86. The molecule has 0 radical (unpaired) electrons. The number of methoxy groups -OCH3 is 1. The number of carbonyl (C=O) groups is 1. The molecule has 9 heteroatoms. The smallest absolute Gasteiger partial charge is 0.339 e. The monoisotopic (exact) mass is 552 g/mol. The van der Waals surface area contributed by atoms with Crippen LogP contribution in [0.4, 0.5) is 5.95 Å². The van der Waals surface area contributed by atoms with Crippen LogP contribution in [0.15, 0.2) is 64.0 Å². The molecule has 8 nitrogen and oxygen atoms in total. The number of nitrogen functional groups attached to an aromatic ring is 1. The van der Waals surface area contributed by atoms with Gasteiger partial charge in [0.25, 0.3) is 5.56 Å². The molecule has 2 N–H and O–H groups in total. The van der Waals surface area contributed by atoms with E-state index >= 15 is 0 Å². The number of pyridine rings is 1. The number of hydrogen-bond acceptors (Lipinski definition) is 6. The van der Waals surface area contributed by atoms with Crippen LogP contribution < -0.4 is 16.0 Å². The van der Waals surface area contributed by atoms with Crippen molar-refractivity contribution in [3.63, 3.8) is 0 Å². The van der Waals surface area contributed by atoms with E-state index in [4.69, 9.17) is 15.2 Å². The molecule has 0 saturated heterocycles. The number of nitrogens with two attached hydrogens (primary N) is 1. The lowest BCUT2D eigenvalue weighted by Crippen LogP contribution is -2.20. The van der Waals surface area contributed by atoms with Crippen molar-refractivity contribution < 1.29 is 14.3 Å². The van der Waals surface area contributed by atoms with Gasteiger partial charge in [-0.2, -0.15) is 0 Å².